The van der Waals surface area contributed by atoms with Crippen LogP contribution in [0, 0.1) is 13.8 Å². The molecule has 3 rings (SSSR count). The van der Waals surface area contributed by atoms with Crippen LogP contribution in [0.5, 0.6) is 0 Å². The summed E-state index contributed by atoms with van der Waals surface area (Å²) in [5.74, 6) is 0. The van der Waals surface area contributed by atoms with Crippen molar-refractivity contribution in [1.82, 2.24) is 8.61 Å². The molecule has 0 aromatic heterocycles. The molecular formula is C24H32N2O4S2. The van der Waals surface area contributed by atoms with Crippen LogP contribution in [0.3, 0.4) is 0 Å². The molecule has 0 unspecified atom stereocenters. The molecule has 0 N–H and O–H groups in total. The average molecular weight is 477 g/mol. The lowest BCUT2D eigenvalue weighted by Gasteiger charge is -2.35. The number of allylic oxidation sites excluding steroid dienone is 1. The van der Waals surface area contributed by atoms with Gasteiger partial charge in [0.1, 0.15) is 0 Å². The fourth-order valence-electron chi connectivity index (χ4n) is 3.70. The molecule has 0 saturated carbocycles. The van der Waals surface area contributed by atoms with Gasteiger partial charge in [-0.1, -0.05) is 61.6 Å². The van der Waals surface area contributed by atoms with Gasteiger partial charge in [0.25, 0.3) is 20.0 Å². The van der Waals surface area contributed by atoms with Crippen molar-refractivity contribution < 1.29 is 16.8 Å². The highest BCUT2D eigenvalue weighted by Crippen LogP contribution is 2.29. The van der Waals surface area contributed by atoms with Crippen molar-refractivity contribution in [1.29, 1.82) is 0 Å². The molecule has 2 aromatic rings. The van der Waals surface area contributed by atoms with Gasteiger partial charge in [-0.25, -0.2) is 16.8 Å². The molecule has 32 heavy (non-hydrogen) atoms. The first-order chi connectivity index (χ1) is 15.2. The van der Waals surface area contributed by atoms with Crippen molar-refractivity contribution >= 4 is 20.0 Å². The second-order valence-corrected chi connectivity index (χ2v) is 12.0. The van der Waals surface area contributed by atoms with Gasteiger partial charge in [-0.3, -0.25) is 8.61 Å². The Balaban J connectivity index is 1.95. The van der Waals surface area contributed by atoms with E-state index in [1.165, 1.54) is 14.8 Å². The van der Waals surface area contributed by atoms with Gasteiger partial charge in [0, 0.05) is 11.9 Å². The summed E-state index contributed by atoms with van der Waals surface area (Å²) in [6.07, 6.45) is 5.91. The van der Waals surface area contributed by atoms with Gasteiger partial charge in [-0.2, -0.15) is 0 Å². The zero-order valence-corrected chi connectivity index (χ0v) is 20.6. The number of unbranched alkanes of at least 4 members (excludes halogenated alkanes) is 3. The minimum absolute atomic E-state index is 0.0692. The lowest BCUT2D eigenvalue weighted by molar-refractivity contribution is 0.373. The molecule has 0 spiro atoms. The lowest BCUT2D eigenvalue weighted by atomic mass is 10.1. The summed E-state index contributed by atoms with van der Waals surface area (Å²) in [6, 6.07) is 13.5. The van der Waals surface area contributed by atoms with Gasteiger partial charge in [0.15, 0.2) is 0 Å². The molecule has 1 aliphatic rings. The maximum Gasteiger partial charge on any atom is 0.264 e. The van der Waals surface area contributed by atoms with E-state index in [1.54, 1.807) is 48.5 Å². The number of hydrogen-bond donors (Lipinski definition) is 0. The third kappa shape index (κ3) is 5.35. The summed E-state index contributed by atoms with van der Waals surface area (Å²) in [4.78, 5) is 0.428. The average Bonchev–Trinajstić information content (AvgIpc) is 2.77. The zero-order valence-electron chi connectivity index (χ0n) is 19.0. The molecule has 0 aliphatic carbocycles. The van der Waals surface area contributed by atoms with Gasteiger partial charge >= 0.3 is 0 Å². The van der Waals surface area contributed by atoms with Crippen LogP contribution >= 0.6 is 0 Å². The Morgan fingerprint density at radius 1 is 0.719 bits per heavy atom. The van der Waals surface area contributed by atoms with E-state index >= 15 is 0 Å². The largest absolute Gasteiger partial charge is 0.270 e. The molecule has 8 heteroatoms. The molecule has 0 amide bonds. The maximum atomic E-state index is 13.4. The second-order valence-electron chi connectivity index (χ2n) is 8.25. The molecule has 2 aromatic carbocycles. The first-order valence-corrected chi connectivity index (χ1v) is 13.9. The van der Waals surface area contributed by atoms with E-state index in [0.29, 0.717) is 12.1 Å². The Labute approximate surface area is 192 Å². The first-order valence-electron chi connectivity index (χ1n) is 11.0. The van der Waals surface area contributed by atoms with Crippen molar-refractivity contribution in [2.75, 3.05) is 13.1 Å². The topological polar surface area (TPSA) is 74.8 Å². The normalized spacial score (nSPS) is 15.0. The molecule has 0 radical (unpaired) electrons. The van der Waals surface area contributed by atoms with Crippen LogP contribution in [0.1, 0.15) is 50.2 Å². The van der Waals surface area contributed by atoms with Gasteiger partial charge in [0.2, 0.25) is 0 Å². The summed E-state index contributed by atoms with van der Waals surface area (Å²) in [5.41, 5.74) is 2.47. The summed E-state index contributed by atoms with van der Waals surface area (Å²) < 4.78 is 55.8. The predicted molar refractivity (Wildman–Crippen MR) is 127 cm³/mol. The number of aryl methyl sites for hydroxylation is 2. The third-order valence-electron chi connectivity index (χ3n) is 5.66. The SMILES string of the molecule is CCCCCCC1=CN(S(=O)(=O)c2ccc(C)cc2)CCN1S(=O)(=O)c1ccc(C)cc1. The summed E-state index contributed by atoms with van der Waals surface area (Å²) in [5, 5.41) is 0. The zero-order chi connectivity index (χ0) is 23.4. The minimum atomic E-state index is -3.77. The van der Waals surface area contributed by atoms with Gasteiger partial charge < -0.3 is 0 Å². The van der Waals surface area contributed by atoms with Crippen LogP contribution in [-0.2, 0) is 20.0 Å². The highest BCUT2D eigenvalue weighted by atomic mass is 32.2. The number of benzene rings is 2. The number of nitrogens with zero attached hydrogens (tertiary/aromatic N) is 2. The second kappa shape index (κ2) is 10.1. The lowest BCUT2D eigenvalue weighted by Crippen LogP contribution is -2.43. The standard InChI is InChI=1S/C24H32N2O4S2/c1-4-5-6-7-8-22-19-25(31(27,28)23-13-9-20(2)10-14-23)17-18-26(22)32(29,30)24-15-11-21(3)12-16-24/h9-16,19H,4-8,17-18H2,1-3H3. The minimum Gasteiger partial charge on any atom is -0.270 e. The van der Waals surface area contributed by atoms with E-state index in [-0.39, 0.29) is 22.9 Å². The highest BCUT2D eigenvalue weighted by Gasteiger charge is 2.33. The monoisotopic (exact) mass is 476 g/mol. The Hall–Kier alpha value is -2.32. The number of hydrogen-bond acceptors (Lipinski definition) is 4. The fraction of sp³-hybridized carbons (Fsp3) is 0.417. The van der Waals surface area contributed by atoms with Gasteiger partial charge in [0.05, 0.1) is 22.9 Å². The number of sulfonamides is 2. The molecule has 1 aliphatic heterocycles. The van der Waals surface area contributed by atoms with Crippen molar-refractivity contribution in [2.45, 2.75) is 62.7 Å². The summed E-state index contributed by atoms with van der Waals surface area (Å²) in [7, 11) is -7.52. The molecule has 0 bridgehead atoms. The van der Waals surface area contributed by atoms with Crippen molar-refractivity contribution in [2.24, 2.45) is 0 Å². The van der Waals surface area contributed by atoms with E-state index < -0.39 is 20.0 Å². The first kappa shape index (κ1) is 24.3. The molecule has 0 fully saturated rings. The Kier molecular flexibility index (Phi) is 7.67. The Morgan fingerprint density at radius 2 is 1.25 bits per heavy atom. The van der Waals surface area contributed by atoms with E-state index in [2.05, 4.69) is 6.92 Å². The Morgan fingerprint density at radius 3 is 1.78 bits per heavy atom. The number of rotatable bonds is 9. The maximum absolute atomic E-state index is 13.4. The van der Waals surface area contributed by atoms with Crippen molar-refractivity contribution in [3.63, 3.8) is 0 Å². The van der Waals surface area contributed by atoms with Crippen LogP contribution in [0.4, 0.5) is 0 Å². The van der Waals surface area contributed by atoms with Crippen LogP contribution < -0.4 is 0 Å². The Bertz CT molecular complexity index is 1150. The molecule has 174 valence electrons. The third-order valence-corrected chi connectivity index (χ3v) is 9.30. The summed E-state index contributed by atoms with van der Waals surface area (Å²) in [6.45, 7) is 6.08. The van der Waals surface area contributed by atoms with Crippen molar-refractivity contribution in [3.05, 3.63) is 71.6 Å². The highest BCUT2D eigenvalue weighted by molar-refractivity contribution is 7.89. The summed E-state index contributed by atoms with van der Waals surface area (Å²) >= 11 is 0. The van der Waals surface area contributed by atoms with Crippen LogP contribution in [0.15, 0.2) is 70.2 Å². The molecule has 6 nitrogen and oxygen atoms in total. The van der Waals surface area contributed by atoms with Crippen LogP contribution in [-0.4, -0.2) is 38.5 Å². The molecule has 0 saturated heterocycles. The van der Waals surface area contributed by atoms with Gasteiger partial charge in [-0.15, -0.1) is 0 Å². The van der Waals surface area contributed by atoms with E-state index in [9.17, 15) is 16.8 Å². The fourth-order valence-corrected chi connectivity index (χ4v) is 6.53. The quantitative estimate of drug-likeness (QED) is 0.487. The molecule has 1 heterocycles. The predicted octanol–water partition coefficient (Wildman–Crippen LogP) is 4.81. The van der Waals surface area contributed by atoms with Crippen LogP contribution in [0.2, 0.25) is 0 Å². The molecule has 0 atom stereocenters. The smallest absolute Gasteiger partial charge is 0.264 e. The van der Waals surface area contributed by atoms with E-state index in [0.717, 1.165) is 36.8 Å². The van der Waals surface area contributed by atoms with Crippen molar-refractivity contribution in [3.8, 4) is 0 Å². The van der Waals surface area contributed by atoms with Crippen LogP contribution in [0.25, 0.3) is 0 Å². The van der Waals surface area contributed by atoms with E-state index in [4.69, 9.17) is 0 Å². The van der Waals surface area contributed by atoms with E-state index in [1.807, 2.05) is 13.8 Å². The molecular weight excluding hydrogens is 444 g/mol. The van der Waals surface area contributed by atoms with Gasteiger partial charge in [-0.05, 0) is 51.0 Å².